The van der Waals surface area contributed by atoms with E-state index in [0.717, 1.165) is 50.1 Å². The zero-order chi connectivity index (χ0) is 28.1. The first-order valence-corrected chi connectivity index (χ1v) is 13.4. The summed E-state index contributed by atoms with van der Waals surface area (Å²) in [5, 5.41) is 0. The Balaban J connectivity index is 1.35. The molecule has 0 aliphatic heterocycles. The first-order valence-electron chi connectivity index (χ1n) is 13.4. The summed E-state index contributed by atoms with van der Waals surface area (Å²) in [6.07, 6.45) is 10.2. The molecule has 0 unspecified atom stereocenters. The molecule has 7 heteroatoms. The highest BCUT2D eigenvalue weighted by atomic mass is 15.0. The number of aromatic nitrogens is 7. The van der Waals surface area contributed by atoms with Crippen LogP contribution >= 0.6 is 0 Å². The lowest BCUT2D eigenvalue weighted by Crippen LogP contribution is -2.00. The van der Waals surface area contributed by atoms with Crippen LogP contribution < -0.4 is 0 Å². The molecule has 0 atom stereocenters. The minimum Gasteiger partial charge on any atom is -0.244 e. The fourth-order valence-electron chi connectivity index (χ4n) is 4.78. The molecule has 7 aromatic rings. The van der Waals surface area contributed by atoms with Gasteiger partial charge in [-0.3, -0.25) is 0 Å². The fraction of sp³-hybridized carbons (Fsp3) is 0. The number of rotatable bonds is 6. The first kappa shape index (κ1) is 25.0. The Morgan fingerprint density at radius 1 is 0.286 bits per heavy atom. The summed E-state index contributed by atoms with van der Waals surface area (Å²) in [6.45, 7) is 0. The Morgan fingerprint density at radius 3 is 1.17 bits per heavy atom. The van der Waals surface area contributed by atoms with Gasteiger partial charge in [0.2, 0.25) is 0 Å². The van der Waals surface area contributed by atoms with Crippen molar-refractivity contribution in [3.05, 3.63) is 141 Å². The molecule has 7 nitrogen and oxygen atoms in total. The van der Waals surface area contributed by atoms with Crippen LogP contribution in [0.4, 0.5) is 0 Å². The van der Waals surface area contributed by atoms with Crippen LogP contribution in [0.1, 0.15) is 0 Å². The van der Waals surface area contributed by atoms with Gasteiger partial charge in [-0.15, -0.1) is 0 Å². The summed E-state index contributed by atoms with van der Waals surface area (Å²) in [6, 6.07) is 34.8. The summed E-state index contributed by atoms with van der Waals surface area (Å²) < 4.78 is 0. The normalized spacial score (nSPS) is 10.9. The van der Waals surface area contributed by atoms with Crippen molar-refractivity contribution < 1.29 is 0 Å². The van der Waals surface area contributed by atoms with Gasteiger partial charge in [-0.05, 0) is 34.4 Å². The first-order chi connectivity index (χ1) is 20.8. The summed E-state index contributed by atoms with van der Waals surface area (Å²) in [5.41, 5.74) is 8.73. The average molecular weight is 542 g/mol. The zero-order valence-corrected chi connectivity index (χ0v) is 22.4. The van der Waals surface area contributed by atoms with Crippen LogP contribution in [0.3, 0.4) is 0 Å². The molecular formula is C35H23N7. The molecule has 3 heterocycles. The van der Waals surface area contributed by atoms with E-state index < -0.39 is 0 Å². The third-order valence-corrected chi connectivity index (χ3v) is 6.91. The largest absolute Gasteiger partial charge is 0.244 e. The van der Waals surface area contributed by atoms with Gasteiger partial charge in [0.25, 0.3) is 0 Å². The predicted molar refractivity (Wildman–Crippen MR) is 164 cm³/mol. The Morgan fingerprint density at radius 2 is 0.667 bits per heavy atom. The molecule has 198 valence electrons. The van der Waals surface area contributed by atoms with E-state index in [9.17, 15) is 0 Å². The van der Waals surface area contributed by atoms with Gasteiger partial charge in [-0.2, -0.15) is 0 Å². The molecule has 0 bridgehead atoms. The summed E-state index contributed by atoms with van der Waals surface area (Å²) in [4.78, 5) is 31.5. The average Bonchev–Trinajstić information content (AvgIpc) is 3.09. The molecule has 0 saturated heterocycles. The highest BCUT2D eigenvalue weighted by Gasteiger charge is 2.14. The molecular weight excluding hydrogens is 518 g/mol. The van der Waals surface area contributed by atoms with Crippen molar-refractivity contribution in [3.8, 4) is 67.5 Å². The smallest absolute Gasteiger partial charge is 0.164 e. The maximum Gasteiger partial charge on any atom is 0.164 e. The quantitative estimate of drug-likeness (QED) is 0.216. The number of benzene rings is 4. The topological polar surface area (TPSA) is 90.2 Å². The van der Waals surface area contributed by atoms with Crippen LogP contribution in [0.15, 0.2) is 141 Å². The molecule has 0 radical (unpaired) electrons. The highest BCUT2D eigenvalue weighted by molar-refractivity contribution is 5.74. The van der Waals surface area contributed by atoms with Crippen LogP contribution in [0.25, 0.3) is 67.5 Å². The Bertz CT molecular complexity index is 1860. The highest BCUT2D eigenvalue weighted by Crippen LogP contribution is 2.30. The molecule has 7 rings (SSSR count). The van der Waals surface area contributed by atoms with Crippen LogP contribution in [-0.2, 0) is 0 Å². The number of nitrogens with zero attached hydrogens (tertiary/aromatic N) is 7. The molecule has 0 aliphatic carbocycles. The standard InChI is InChI=1S/C35H23N7/c1-2-6-24(7-3-1)25-12-14-26(15-13-25)33-40-34(29-10-4-8-27(16-29)31-18-36-22-37-19-31)42-35(41-33)30-11-5-9-28(17-30)32-20-38-23-39-21-32/h1-23H. The van der Waals surface area contributed by atoms with Crippen molar-refractivity contribution in [3.63, 3.8) is 0 Å². The van der Waals surface area contributed by atoms with E-state index in [4.69, 9.17) is 15.0 Å². The number of hydrogen-bond donors (Lipinski definition) is 0. The van der Waals surface area contributed by atoms with E-state index in [-0.39, 0.29) is 0 Å². The second kappa shape index (κ2) is 11.3. The van der Waals surface area contributed by atoms with Crippen LogP contribution in [0, 0.1) is 0 Å². The van der Waals surface area contributed by atoms with E-state index in [2.05, 4.69) is 68.5 Å². The lowest BCUT2D eigenvalue weighted by molar-refractivity contribution is 1.07. The minimum absolute atomic E-state index is 0.578. The Hall–Kier alpha value is -5.95. The maximum atomic E-state index is 4.95. The van der Waals surface area contributed by atoms with Gasteiger partial charge in [0.1, 0.15) is 12.7 Å². The monoisotopic (exact) mass is 541 g/mol. The van der Waals surface area contributed by atoms with Gasteiger partial charge in [0.05, 0.1) is 0 Å². The Labute approximate surface area is 242 Å². The van der Waals surface area contributed by atoms with Gasteiger partial charge in [0.15, 0.2) is 17.5 Å². The molecule has 0 spiro atoms. The van der Waals surface area contributed by atoms with Crippen molar-refractivity contribution in [2.24, 2.45) is 0 Å². The van der Waals surface area contributed by atoms with Gasteiger partial charge < -0.3 is 0 Å². The van der Waals surface area contributed by atoms with Gasteiger partial charge in [0, 0.05) is 52.6 Å². The zero-order valence-electron chi connectivity index (χ0n) is 22.4. The van der Waals surface area contributed by atoms with Crippen LogP contribution in [-0.4, -0.2) is 34.9 Å². The third-order valence-electron chi connectivity index (χ3n) is 6.91. The fourth-order valence-corrected chi connectivity index (χ4v) is 4.78. The molecule has 0 N–H and O–H groups in total. The summed E-state index contributed by atoms with van der Waals surface area (Å²) in [7, 11) is 0. The molecule has 4 aromatic carbocycles. The van der Waals surface area contributed by atoms with Gasteiger partial charge >= 0.3 is 0 Å². The van der Waals surface area contributed by atoms with Crippen LogP contribution in [0.2, 0.25) is 0 Å². The minimum atomic E-state index is 0.578. The van der Waals surface area contributed by atoms with Crippen molar-refractivity contribution in [2.75, 3.05) is 0 Å². The lowest BCUT2D eigenvalue weighted by Gasteiger charge is -2.11. The molecule has 3 aromatic heterocycles. The van der Waals surface area contributed by atoms with E-state index in [1.165, 1.54) is 12.7 Å². The molecule has 0 fully saturated rings. The second-order valence-electron chi connectivity index (χ2n) is 9.67. The lowest BCUT2D eigenvalue weighted by atomic mass is 10.0. The SMILES string of the molecule is c1ccc(-c2ccc(-c3nc(-c4cccc(-c5cncnc5)c4)nc(-c4cccc(-c5cncnc5)c4)n3)cc2)cc1. The van der Waals surface area contributed by atoms with E-state index in [0.29, 0.717) is 17.5 Å². The van der Waals surface area contributed by atoms with Gasteiger partial charge in [-0.1, -0.05) is 91.0 Å². The summed E-state index contributed by atoms with van der Waals surface area (Å²) in [5.74, 6) is 1.75. The maximum absolute atomic E-state index is 4.95. The second-order valence-corrected chi connectivity index (χ2v) is 9.67. The molecule has 42 heavy (non-hydrogen) atoms. The Kier molecular flexibility index (Phi) is 6.72. The number of hydrogen-bond acceptors (Lipinski definition) is 7. The third kappa shape index (κ3) is 5.26. The molecule has 0 saturated carbocycles. The van der Waals surface area contributed by atoms with E-state index in [1.54, 1.807) is 24.8 Å². The van der Waals surface area contributed by atoms with Crippen molar-refractivity contribution in [1.29, 1.82) is 0 Å². The molecule has 0 amide bonds. The summed E-state index contributed by atoms with van der Waals surface area (Å²) >= 11 is 0. The van der Waals surface area contributed by atoms with Gasteiger partial charge in [-0.25, -0.2) is 34.9 Å². The van der Waals surface area contributed by atoms with E-state index >= 15 is 0 Å². The van der Waals surface area contributed by atoms with E-state index in [1.807, 2.05) is 54.6 Å². The van der Waals surface area contributed by atoms with Crippen molar-refractivity contribution >= 4 is 0 Å². The van der Waals surface area contributed by atoms with Crippen molar-refractivity contribution in [2.45, 2.75) is 0 Å². The predicted octanol–water partition coefficient (Wildman–Crippen LogP) is 7.45. The van der Waals surface area contributed by atoms with Crippen LogP contribution in [0.5, 0.6) is 0 Å². The van der Waals surface area contributed by atoms with Crippen molar-refractivity contribution in [1.82, 2.24) is 34.9 Å². The molecule has 0 aliphatic rings.